The molecule has 1 aliphatic rings. The molecule has 1 heterocycles. The smallest absolute Gasteiger partial charge is 0.207 e. The Balaban J connectivity index is 2.28. The number of halogens is 1. The first kappa shape index (κ1) is 12.9. The van der Waals surface area contributed by atoms with Crippen molar-refractivity contribution in [1.82, 2.24) is 4.31 Å². The normalized spacial score (nSPS) is 19.4. The average Bonchev–Trinajstić information content (AvgIpc) is 2.30. The number of hydrogen-bond donors (Lipinski definition) is 0. The zero-order valence-corrected chi connectivity index (χ0v) is 11.3. The lowest BCUT2D eigenvalue weighted by atomic mass is 10.2. The summed E-state index contributed by atoms with van der Waals surface area (Å²) in [6.07, 6.45) is 1.46. The van der Waals surface area contributed by atoms with E-state index >= 15 is 0 Å². The van der Waals surface area contributed by atoms with Crippen LogP contribution in [0.2, 0.25) is 0 Å². The van der Waals surface area contributed by atoms with E-state index in [4.69, 9.17) is 11.6 Å². The molecule has 1 aromatic rings. The zero-order chi connectivity index (χ0) is 12.5. The molecule has 0 amide bonds. The van der Waals surface area contributed by atoms with Crippen molar-refractivity contribution in [3.63, 3.8) is 0 Å². The zero-order valence-electron chi connectivity index (χ0n) is 9.77. The third kappa shape index (κ3) is 2.64. The van der Waals surface area contributed by atoms with Gasteiger partial charge in [-0.15, -0.1) is 11.6 Å². The molecule has 1 saturated heterocycles. The van der Waals surface area contributed by atoms with Crippen LogP contribution in [0.4, 0.5) is 0 Å². The van der Waals surface area contributed by atoms with Gasteiger partial charge >= 0.3 is 0 Å². The first-order valence-electron chi connectivity index (χ1n) is 5.71. The van der Waals surface area contributed by atoms with Crippen LogP contribution >= 0.6 is 11.6 Å². The summed E-state index contributed by atoms with van der Waals surface area (Å²) < 4.78 is 26.3. The third-order valence-electron chi connectivity index (χ3n) is 3.09. The molecule has 2 rings (SSSR count). The minimum Gasteiger partial charge on any atom is -0.207 e. The highest BCUT2D eigenvalue weighted by atomic mass is 35.5. The molecule has 5 heteroatoms. The summed E-state index contributed by atoms with van der Waals surface area (Å²) in [5, 5.41) is 0.110. The van der Waals surface area contributed by atoms with Crippen LogP contribution in [-0.2, 0) is 10.0 Å². The maximum absolute atomic E-state index is 12.4. The van der Waals surface area contributed by atoms with Gasteiger partial charge in [0.25, 0.3) is 0 Å². The van der Waals surface area contributed by atoms with Gasteiger partial charge in [0, 0.05) is 18.5 Å². The van der Waals surface area contributed by atoms with Crippen LogP contribution in [-0.4, -0.2) is 31.2 Å². The van der Waals surface area contributed by atoms with E-state index in [1.54, 1.807) is 12.1 Å². The number of alkyl halides is 1. The van der Waals surface area contributed by atoms with Crippen LogP contribution in [0, 0.1) is 6.92 Å². The number of aryl methyl sites for hydroxylation is 1. The lowest BCUT2D eigenvalue weighted by molar-refractivity contribution is 0.350. The van der Waals surface area contributed by atoms with Crippen LogP contribution in [0.25, 0.3) is 0 Å². The molecule has 1 aromatic carbocycles. The van der Waals surface area contributed by atoms with Gasteiger partial charge in [0.2, 0.25) is 10.0 Å². The second-order valence-electron chi connectivity index (χ2n) is 4.34. The van der Waals surface area contributed by atoms with E-state index in [0.717, 1.165) is 18.4 Å². The molecule has 0 N–H and O–H groups in total. The van der Waals surface area contributed by atoms with Crippen molar-refractivity contribution in [2.24, 2.45) is 0 Å². The maximum atomic E-state index is 12.4. The van der Waals surface area contributed by atoms with Crippen molar-refractivity contribution in [2.75, 3.05) is 13.1 Å². The Kier molecular flexibility index (Phi) is 3.76. The van der Waals surface area contributed by atoms with Crippen LogP contribution in [0.15, 0.2) is 29.2 Å². The van der Waals surface area contributed by atoms with E-state index in [-0.39, 0.29) is 5.38 Å². The van der Waals surface area contributed by atoms with Crippen molar-refractivity contribution in [2.45, 2.75) is 30.0 Å². The Hall–Kier alpha value is -0.580. The minimum absolute atomic E-state index is 0.110. The van der Waals surface area contributed by atoms with Crippen LogP contribution < -0.4 is 0 Å². The van der Waals surface area contributed by atoms with Crippen molar-refractivity contribution in [3.8, 4) is 0 Å². The number of nitrogens with zero attached hydrogens (tertiary/aromatic N) is 1. The van der Waals surface area contributed by atoms with Gasteiger partial charge in [0.15, 0.2) is 0 Å². The number of piperidine rings is 1. The van der Waals surface area contributed by atoms with Crippen molar-refractivity contribution in [1.29, 1.82) is 0 Å². The molecule has 0 bridgehead atoms. The molecule has 94 valence electrons. The monoisotopic (exact) mass is 273 g/mol. The third-order valence-corrected chi connectivity index (χ3v) is 5.59. The highest BCUT2D eigenvalue weighted by Crippen LogP contribution is 2.24. The van der Waals surface area contributed by atoms with Crippen LogP contribution in [0.1, 0.15) is 18.4 Å². The molecule has 17 heavy (non-hydrogen) atoms. The predicted molar refractivity (Wildman–Crippen MR) is 68.8 cm³/mol. The summed E-state index contributed by atoms with van der Waals surface area (Å²) in [5.41, 5.74) is 0.792. The van der Waals surface area contributed by atoms with Gasteiger partial charge in [-0.25, -0.2) is 8.42 Å². The topological polar surface area (TPSA) is 37.4 Å². The Morgan fingerprint density at radius 2 is 1.82 bits per heavy atom. The van der Waals surface area contributed by atoms with E-state index in [2.05, 4.69) is 0 Å². The van der Waals surface area contributed by atoms with Crippen molar-refractivity contribution >= 4 is 21.6 Å². The molecule has 0 unspecified atom stereocenters. The molecular weight excluding hydrogens is 258 g/mol. The minimum atomic E-state index is -3.34. The van der Waals surface area contributed by atoms with Gasteiger partial charge in [-0.3, -0.25) is 0 Å². The Morgan fingerprint density at radius 1 is 1.24 bits per heavy atom. The Morgan fingerprint density at radius 3 is 2.41 bits per heavy atom. The fourth-order valence-electron chi connectivity index (χ4n) is 2.05. The molecule has 0 aliphatic carbocycles. The first-order valence-corrected chi connectivity index (χ1v) is 7.59. The molecule has 0 radical (unpaired) electrons. The van der Waals surface area contributed by atoms with E-state index in [1.807, 2.05) is 19.1 Å². The summed E-state index contributed by atoms with van der Waals surface area (Å²) in [6.45, 7) is 2.86. The second-order valence-corrected chi connectivity index (χ2v) is 6.87. The summed E-state index contributed by atoms with van der Waals surface area (Å²) in [5.74, 6) is 0. The van der Waals surface area contributed by atoms with E-state index in [1.165, 1.54) is 4.31 Å². The fourth-order valence-corrected chi connectivity index (χ4v) is 3.94. The van der Waals surface area contributed by atoms with Crippen LogP contribution in [0.3, 0.4) is 0 Å². The number of hydrogen-bond acceptors (Lipinski definition) is 2. The highest BCUT2D eigenvalue weighted by molar-refractivity contribution is 7.89. The summed E-state index contributed by atoms with van der Waals surface area (Å²) in [6, 6.07) is 7.09. The fraction of sp³-hybridized carbons (Fsp3) is 0.500. The molecule has 0 aromatic heterocycles. The summed E-state index contributed by atoms with van der Waals surface area (Å²) in [7, 11) is -3.34. The van der Waals surface area contributed by atoms with Crippen LogP contribution in [0.5, 0.6) is 0 Å². The molecule has 1 aliphatic heterocycles. The molecule has 1 fully saturated rings. The number of benzene rings is 1. The van der Waals surface area contributed by atoms with Gasteiger partial charge in [0.1, 0.15) is 0 Å². The van der Waals surface area contributed by atoms with Gasteiger partial charge in [-0.1, -0.05) is 18.2 Å². The molecule has 3 nitrogen and oxygen atoms in total. The number of sulfonamides is 1. The van der Waals surface area contributed by atoms with E-state index in [0.29, 0.717) is 18.0 Å². The average molecular weight is 274 g/mol. The Labute approximate surface area is 107 Å². The molecular formula is C12H16ClNO2S. The first-order chi connectivity index (χ1) is 8.01. The molecule has 0 atom stereocenters. The Bertz CT molecular complexity index is 493. The largest absolute Gasteiger partial charge is 0.243 e. The lowest BCUT2D eigenvalue weighted by Crippen LogP contribution is -2.38. The maximum Gasteiger partial charge on any atom is 0.243 e. The SMILES string of the molecule is Cc1ccccc1S(=O)(=O)N1CCC(Cl)CC1. The summed E-state index contributed by atoms with van der Waals surface area (Å²) in [4.78, 5) is 0.410. The molecule has 0 saturated carbocycles. The van der Waals surface area contributed by atoms with Crippen molar-refractivity contribution in [3.05, 3.63) is 29.8 Å². The second kappa shape index (κ2) is 4.96. The van der Waals surface area contributed by atoms with Gasteiger partial charge in [-0.05, 0) is 31.4 Å². The van der Waals surface area contributed by atoms with Crippen molar-refractivity contribution < 1.29 is 8.42 Å². The lowest BCUT2D eigenvalue weighted by Gasteiger charge is -2.28. The van der Waals surface area contributed by atoms with Gasteiger partial charge in [-0.2, -0.15) is 4.31 Å². The van der Waals surface area contributed by atoms with Gasteiger partial charge < -0.3 is 0 Å². The van der Waals surface area contributed by atoms with E-state index in [9.17, 15) is 8.42 Å². The summed E-state index contributed by atoms with van der Waals surface area (Å²) >= 11 is 5.99. The predicted octanol–water partition coefficient (Wildman–Crippen LogP) is 2.39. The highest BCUT2D eigenvalue weighted by Gasteiger charge is 2.29. The quantitative estimate of drug-likeness (QED) is 0.776. The van der Waals surface area contributed by atoms with E-state index < -0.39 is 10.0 Å². The number of rotatable bonds is 2. The molecule has 0 spiro atoms. The standard InChI is InChI=1S/C12H16ClNO2S/c1-10-4-2-3-5-12(10)17(15,16)14-8-6-11(13)7-9-14/h2-5,11H,6-9H2,1H3. The van der Waals surface area contributed by atoms with Gasteiger partial charge in [0.05, 0.1) is 4.90 Å².